The van der Waals surface area contributed by atoms with Crippen molar-refractivity contribution < 1.29 is 9.53 Å². The molecule has 0 radical (unpaired) electrons. The number of nitrogens with one attached hydrogen (secondary N) is 1. The van der Waals surface area contributed by atoms with Gasteiger partial charge in [0, 0.05) is 5.56 Å². The third-order valence-corrected chi connectivity index (χ3v) is 2.59. The van der Waals surface area contributed by atoms with Crippen LogP contribution in [0.2, 0.25) is 0 Å². The van der Waals surface area contributed by atoms with Crippen LogP contribution in [-0.2, 0) is 0 Å². The van der Waals surface area contributed by atoms with Crippen molar-refractivity contribution in [2.45, 2.75) is 13.8 Å². The fourth-order valence-corrected chi connectivity index (χ4v) is 1.73. The number of hydrogen-bond donors (Lipinski definition) is 2. The molecule has 5 nitrogen and oxygen atoms in total. The summed E-state index contributed by atoms with van der Waals surface area (Å²) in [7, 11) is 0. The van der Waals surface area contributed by atoms with Crippen LogP contribution >= 0.6 is 0 Å². The van der Waals surface area contributed by atoms with Gasteiger partial charge in [0.25, 0.3) is 5.91 Å². The highest BCUT2D eigenvalue weighted by Gasteiger charge is 2.08. The average molecular weight is 245 g/mol. The lowest BCUT2D eigenvalue weighted by atomic mass is 10.1. The molecule has 0 fully saturated rings. The Morgan fingerprint density at radius 2 is 2.28 bits per heavy atom. The number of primary amides is 1. The minimum absolute atomic E-state index is 0.163. The molecule has 0 unspecified atom stereocenters. The number of nitrogens with two attached hydrogens (primary N) is 1. The van der Waals surface area contributed by atoms with E-state index in [0.29, 0.717) is 6.61 Å². The molecule has 1 aromatic carbocycles. The van der Waals surface area contributed by atoms with E-state index in [1.165, 1.54) is 0 Å². The van der Waals surface area contributed by atoms with Crippen molar-refractivity contribution in [1.29, 1.82) is 0 Å². The number of amides is 1. The SMILES string of the molecule is CCOc1ccc(-c2cnc(C(N)=O)[nH]2)cc1C. The molecule has 5 heteroatoms. The van der Waals surface area contributed by atoms with E-state index < -0.39 is 5.91 Å². The summed E-state index contributed by atoms with van der Waals surface area (Å²) in [6, 6.07) is 5.79. The van der Waals surface area contributed by atoms with Crippen LogP contribution in [0.15, 0.2) is 24.4 Å². The van der Waals surface area contributed by atoms with Gasteiger partial charge in [-0.1, -0.05) is 0 Å². The van der Waals surface area contributed by atoms with Gasteiger partial charge in [-0.3, -0.25) is 4.79 Å². The van der Waals surface area contributed by atoms with Gasteiger partial charge in [0.15, 0.2) is 5.82 Å². The van der Waals surface area contributed by atoms with Gasteiger partial charge in [-0.05, 0) is 37.6 Å². The second-order valence-electron chi connectivity index (χ2n) is 3.92. The van der Waals surface area contributed by atoms with Crippen molar-refractivity contribution in [3.8, 4) is 17.0 Å². The van der Waals surface area contributed by atoms with Gasteiger partial charge in [-0.2, -0.15) is 0 Å². The molecular weight excluding hydrogens is 230 g/mol. The van der Waals surface area contributed by atoms with Crippen molar-refractivity contribution in [3.63, 3.8) is 0 Å². The molecule has 0 saturated carbocycles. The van der Waals surface area contributed by atoms with Gasteiger partial charge in [-0.15, -0.1) is 0 Å². The predicted molar refractivity (Wildman–Crippen MR) is 68.4 cm³/mol. The van der Waals surface area contributed by atoms with E-state index in [-0.39, 0.29) is 5.82 Å². The Morgan fingerprint density at radius 1 is 1.50 bits per heavy atom. The van der Waals surface area contributed by atoms with Crippen LogP contribution < -0.4 is 10.5 Å². The van der Waals surface area contributed by atoms with Crippen molar-refractivity contribution in [1.82, 2.24) is 9.97 Å². The molecule has 1 heterocycles. The number of rotatable bonds is 4. The van der Waals surface area contributed by atoms with Crippen LogP contribution in [-0.4, -0.2) is 22.5 Å². The number of aromatic nitrogens is 2. The van der Waals surface area contributed by atoms with Crippen molar-refractivity contribution >= 4 is 5.91 Å². The number of benzene rings is 1. The molecule has 0 spiro atoms. The molecule has 18 heavy (non-hydrogen) atoms. The molecule has 0 atom stereocenters. The number of carbonyl (C=O) groups is 1. The fraction of sp³-hybridized carbons (Fsp3) is 0.231. The predicted octanol–water partition coefficient (Wildman–Crippen LogP) is 1.88. The van der Waals surface area contributed by atoms with Gasteiger partial charge < -0.3 is 15.5 Å². The van der Waals surface area contributed by atoms with E-state index in [1.54, 1.807) is 6.20 Å². The maximum atomic E-state index is 11.0. The fourth-order valence-electron chi connectivity index (χ4n) is 1.73. The zero-order chi connectivity index (χ0) is 13.1. The smallest absolute Gasteiger partial charge is 0.284 e. The van der Waals surface area contributed by atoms with Crippen LogP contribution in [0.1, 0.15) is 23.1 Å². The highest BCUT2D eigenvalue weighted by Crippen LogP contribution is 2.25. The van der Waals surface area contributed by atoms with Crippen molar-refractivity contribution in [2.75, 3.05) is 6.61 Å². The second-order valence-corrected chi connectivity index (χ2v) is 3.92. The lowest BCUT2D eigenvalue weighted by Gasteiger charge is -2.08. The van der Waals surface area contributed by atoms with Gasteiger partial charge in [0.1, 0.15) is 5.75 Å². The maximum Gasteiger partial charge on any atom is 0.284 e. The Labute approximate surface area is 105 Å². The van der Waals surface area contributed by atoms with Gasteiger partial charge in [-0.25, -0.2) is 4.98 Å². The zero-order valence-electron chi connectivity index (χ0n) is 10.4. The number of H-pyrrole nitrogens is 1. The number of hydrogen-bond acceptors (Lipinski definition) is 3. The monoisotopic (exact) mass is 245 g/mol. The Morgan fingerprint density at radius 3 is 2.83 bits per heavy atom. The maximum absolute atomic E-state index is 11.0. The molecule has 0 bridgehead atoms. The highest BCUT2D eigenvalue weighted by atomic mass is 16.5. The van der Waals surface area contributed by atoms with Crippen LogP contribution in [0.5, 0.6) is 5.75 Å². The van der Waals surface area contributed by atoms with Crippen molar-refractivity contribution in [3.05, 3.63) is 35.8 Å². The quantitative estimate of drug-likeness (QED) is 0.863. The van der Waals surface area contributed by atoms with E-state index in [2.05, 4.69) is 9.97 Å². The van der Waals surface area contributed by atoms with Crippen LogP contribution in [0.25, 0.3) is 11.3 Å². The van der Waals surface area contributed by atoms with E-state index >= 15 is 0 Å². The summed E-state index contributed by atoms with van der Waals surface area (Å²) in [6.45, 7) is 4.55. The molecular formula is C13H15N3O2. The number of ether oxygens (including phenoxy) is 1. The number of aromatic amines is 1. The molecule has 3 N–H and O–H groups in total. The molecule has 1 aromatic heterocycles. The second kappa shape index (κ2) is 4.91. The Bertz CT molecular complexity index is 575. The summed E-state index contributed by atoms with van der Waals surface area (Å²) >= 11 is 0. The standard InChI is InChI=1S/C13H15N3O2/c1-3-18-11-5-4-9(6-8(11)2)10-7-15-13(16-10)12(14)17/h4-7H,3H2,1-2H3,(H2,14,17)(H,15,16). The van der Waals surface area contributed by atoms with E-state index in [0.717, 1.165) is 22.6 Å². The first-order valence-electron chi connectivity index (χ1n) is 5.70. The normalized spacial score (nSPS) is 10.3. The number of imidazole rings is 1. The van der Waals surface area contributed by atoms with Gasteiger partial charge in [0.2, 0.25) is 0 Å². The molecule has 94 valence electrons. The summed E-state index contributed by atoms with van der Waals surface area (Å²) < 4.78 is 5.47. The minimum Gasteiger partial charge on any atom is -0.494 e. The summed E-state index contributed by atoms with van der Waals surface area (Å²) in [5, 5.41) is 0. The lowest BCUT2D eigenvalue weighted by Crippen LogP contribution is -2.12. The molecule has 0 aliphatic rings. The summed E-state index contributed by atoms with van der Waals surface area (Å²) in [6.07, 6.45) is 1.59. The van der Waals surface area contributed by atoms with E-state index in [1.807, 2.05) is 32.0 Å². The third kappa shape index (κ3) is 2.34. The highest BCUT2D eigenvalue weighted by molar-refractivity contribution is 5.89. The summed E-state index contributed by atoms with van der Waals surface area (Å²) in [5.41, 5.74) is 7.88. The largest absolute Gasteiger partial charge is 0.494 e. The van der Waals surface area contributed by atoms with E-state index in [4.69, 9.17) is 10.5 Å². The Kier molecular flexibility index (Phi) is 3.32. The molecule has 0 saturated heterocycles. The average Bonchev–Trinajstić information content (AvgIpc) is 2.81. The van der Waals surface area contributed by atoms with Crippen molar-refractivity contribution in [2.24, 2.45) is 5.73 Å². The number of nitrogens with zero attached hydrogens (tertiary/aromatic N) is 1. The molecule has 2 aromatic rings. The van der Waals surface area contributed by atoms with Crippen LogP contribution in [0, 0.1) is 6.92 Å². The van der Waals surface area contributed by atoms with E-state index in [9.17, 15) is 4.79 Å². The molecule has 1 amide bonds. The number of carbonyl (C=O) groups excluding carboxylic acids is 1. The summed E-state index contributed by atoms with van der Waals surface area (Å²) in [5.74, 6) is 0.455. The first kappa shape index (κ1) is 12.2. The summed E-state index contributed by atoms with van der Waals surface area (Å²) in [4.78, 5) is 17.8. The Balaban J connectivity index is 2.33. The van der Waals surface area contributed by atoms with Crippen LogP contribution in [0.4, 0.5) is 0 Å². The number of aryl methyl sites for hydroxylation is 1. The third-order valence-electron chi connectivity index (χ3n) is 2.59. The lowest BCUT2D eigenvalue weighted by molar-refractivity contribution is 0.0991. The molecule has 2 rings (SSSR count). The first-order valence-corrected chi connectivity index (χ1v) is 5.70. The topological polar surface area (TPSA) is 81.0 Å². The van der Waals surface area contributed by atoms with Gasteiger partial charge >= 0.3 is 0 Å². The first-order chi connectivity index (χ1) is 8.61. The zero-order valence-corrected chi connectivity index (χ0v) is 10.4. The van der Waals surface area contributed by atoms with Gasteiger partial charge in [0.05, 0.1) is 18.5 Å². The van der Waals surface area contributed by atoms with Crippen LogP contribution in [0.3, 0.4) is 0 Å². The Hall–Kier alpha value is -2.30. The minimum atomic E-state index is -0.566. The molecule has 0 aliphatic heterocycles. The molecule has 0 aliphatic carbocycles.